The third-order valence-corrected chi connectivity index (χ3v) is 5.65. The Morgan fingerprint density at radius 2 is 2.11 bits per heavy atom. The fourth-order valence-corrected chi connectivity index (χ4v) is 4.31. The van der Waals surface area contributed by atoms with E-state index in [1.165, 1.54) is 0 Å². The second-order valence-electron chi connectivity index (χ2n) is 7.34. The second-order valence-corrected chi connectivity index (χ2v) is 7.78. The lowest BCUT2D eigenvalue weighted by Crippen LogP contribution is -2.52. The number of benzene rings is 1. The van der Waals surface area contributed by atoms with Gasteiger partial charge in [0.2, 0.25) is 0 Å². The van der Waals surface area contributed by atoms with Crippen LogP contribution in [0.3, 0.4) is 0 Å². The van der Waals surface area contributed by atoms with E-state index in [0.717, 1.165) is 44.7 Å². The lowest BCUT2D eigenvalue weighted by molar-refractivity contribution is -0.0598. The lowest BCUT2D eigenvalue weighted by atomic mass is 10.1. The molecule has 7 nitrogen and oxygen atoms in total. The van der Waals surface area contributed by atoms with Crippen molar-refractivity contribution in [3.63, 3.8) is 0 Å². The summed E-state index contributed by atoms with van der Waals surface area (Å²) in [4.78, 5) is 15.2. The fraction of sp³-hybridized carbons (Fsp3) is 0.632. The van der Waals surface area contributed by atoms with Crippen molar-refractivity contribution in [1.29, 1.82) is 0 Å². The zero-order valence-electron chi connectivity index (χ0n) is 15.3. The van der Waals surface area contributed by atoms with Gasteiger partial charge in [0.15, 0.2) is 6.23 Å². The van der Waals surface area contributed by atoms with Crippen LogP contribution in [0.4, 0.5) is 0 Å². The van der Waals surface area contributed by atoms with Crippen LogP contribution in [0.2, 0.25) is 5.02 Å². The second kappa shape index (κ2) is 8.32. The predicted molar refractivity (Wildman–Crippen MR) is 101 cm³/mol. The lowest BCUT2D eigenvalue weighted by Gasteiger charge is -2.39. The number of rotatable bonds is 4. The van der Waals surface area contributed by atoms with Crippen LogP contribution in [-0.4, -0.2) is 68.6 Å². The molecule has 148 valence electrons. The molecule has 0 radical (unpaired) electrons. The standard InChI is InChI=1S/C19H26ClN3O4/c20-13-7-12-8-17(21)27-18(12)16(9-13)19(24)22-10-15-11-23(3-6-26-15)14-1-4-25-5-2-14/h7,9,14-15,17H,1-6,8,10-11,21H2,(H,22,24). The predicted octanol–water partition coefficient (Wildman–Crippen LogP) is 1.17. The Bertz CT molecular complexity index is 696. The molecule has 0 aromatic heterocycles. The van der Waals surface area contributed by atoms with Crippen molar-refractivity contribution >= 4 is 17.5 Å². The van der Waals surface area contributed by atoms with Gasteiger partial charge in [0.1, 0.15) is 5.75 Å². The molecule has 2 unspecified atom stereocenters. The molecule has 2 saturated heterocycles. The summed E-state index contributed by atoms with van der Waals surface area (Å²) in [7, 11) is 0. The molecule has 0 saturated carbocycles. The number of nitrogens with one attached hydrogen (secondary N) is 1. The van der Waals surface area contributed by atoms with E-state index < -0.39 is 6.23 Å². The molecule has 8 heteroatoms. The van der Waals surface area contributed by atoms with Gasteiger partial charge in [0.05, 0.1) is 18.3 Å². The highest BCUT2D eigenvalue weighted by molar-refractivity contribution is 6.31. The molecule has 2 atom stereocenters. The molecule has 2 fully saturated rings. The first-order valence-corrected chi connectivity index (χ1v) is 9.94. The van der Waals surface area contributed by atoms with Crippen LogP contribution >= 0.6 is 11.6 Å². The number of hydrogen-bond acceptors (Lipinski definition) is 6. The van der Waals surface area contributed by atoms with Crippen LogP contribution in [0.15, 0.2) is 12.1 Å². The van der Waals surface area contributed by atoms with Crippen LogP contribution in [0.1, 0.15) is 28.8 Å². The van der Waals surface area contributed by atoms with Crippen molar-refractivity contribution in [2.75, 3.05) is 39.5 Å². The van der Waals surface area contributed by atoms with Crippen molar-refractivity contribution in [3.05, 3.63) is 28.3 Å². The maximum atomic E-state index is 12.7. The first-order chi connectivity index (χ1) is 13.1. The smallest absolute Gasteiger partial charge is 0.255 e. The Labute approximate surface area is 164 Å². The summed E-state index contributed by atoms with van der Waals surface area (Å²) in [6.07, 6.45) is 2.22. The zero-order chi connectivity index (χ0) is 18.8. The van der Waals surface area contributed by atoms with E-state index in [0.29, 0.717) is 41.9 Å². The maximum Gasteiger partial charge on any atom is 0.255 e. The molecule has 1 aromatic carbocycles. The third kappa shape index (κ3) is 4.38. The quantitative estimate of drug-likeness (QED) is 0.796. The summed E-state index contributed by atoms with van der Waals surface area (Å²) < 4.78 is 16.9. The summed E-state index contributed by atoms with van der Waals surface area (Å²) in [5, 5.41) is 3.48. The van der Waals surface area contributed by atoms with Crippen LogP contribution in [0, 0.1) is 0 Å². The van der Waals surface area contributed by atoms with Crippen LogP contribution in [0.5, 0.6) is 5.75 Å². The number of fused-ring (bicyclic) bond motifs is 1. The van der Waals surface area contributed by atoms with Gasteiger partial charge in [-0.05, 0) is 25.0 Å². The highest BCUT2D eigenvalue weighted by Gasteiger charge is 2.29. The molecule has 3 N–H and O–H groups in total. The molecule has 3 aliphatic rings. The van der Waals surface area contributed by atoms with E-state index in [4.69, 9.17) is 31.5 Å². The van der Waals surface area contributed by atoms with Crippen molar-refractivity contribution < 1.29 is 19.0 Å². The van der Waals surface area contributed by atoms with Gasteiger partial charge in [-0.2, -0.15) is 0 Å². The molecule has 27 heavy (non-hydrogen) atoms. The van der Waals surface area contributed by atoms with E-state index in [2.05, 4.69) is 10.2 Å². The van der Waals surface area contributed by atoms with Gasteiger partial charge in [-0.25, -0.2) is 0 Å². The van der Waals surface area contributed by atoms with Crippen LogP contribution in [-0.2, 0) is 15.9 Å². The minimum Gasteiger partial charge on any atom is -0.474 e. The average molecular weight is 396 g/mol. The molecular formula is C19H26ClN3O4. The zero-order valence-corrected chi connectivity index (χ0v) is 16.0. The van der Waals surface area contributed by atoms with Crippen molar-refractivity contribution in [2.24, 2.45) is 5.73 Å². The number of ether oxygens (including phenoxy) is 3. The molecule has 4 rings (SSSR count). The van der Waals surface area contributed by atoms with Gasteiger partial charge in [0.25, 0.3) is 5.91 Å². The topological polar surface area (TPSA) is 86.1 Å². The summed E-state index contributed by atoms with van der Waals surface area (Å²) in [5.41, 5.74) is 7.16. The van der Waals surface area contributed by atoms with E-state index in [1.54, 1.807) is 12.1 Å². The number of halogens is 1. The number of hydrogen-bond donors (Lipinski definition) is 2. The number of amides is 1. The van der Waals surface area contributed by atoms with Gasteiger partial charge >= 0.3 is 0 Å². The third-order valence-electron chi connectivity index (χ3n) is 5.43. The number of nitrogens with two attached hydrogens (primary N) is 1. The molecule has 0 aliphatic carbocycles. The van der Waals surface area contributed by atoms with E-state index in [9.17, 15) is 4.79 Å². The first kappa shape index (κ1) is 19.0. The largest absolute Gasteiger partial charge is 0.474 e. The molecule has 3 heterocycles. The molecule has 3 aliphatic heterocycles. The number of morpholine rings is 1. The van der Waals surface area contributed by atoms with E-state index in [1.807, 2.05) is 0 Å². The van der Waals surface area contributed by atoms with Crippen LogP contribution in [0.25, 0.3) is 0 Å². The Morgan fingerprint density at radius 1 is 1.30 bits per heavy atom. The Hall–Kier alpha value is -1.38. The van der Waals surface area contributed by atoms with Crippen molar-refractivity contribution in [2.45, 2.75) is 37.6 Å². The number of carbonyl (C=O) groups excluding carboxylic acids is 1. The van der Waals surface area contributed by atoms with E-state index in [-0.39, 0.29) is 12.0 Å². The SMILES string of the molecule is NC1Cc2cc(Cl)cc(C(=O)NCC3CN(C4CCOCC4)CCO3)c2O1. The van der Waals surface area contributed by atoms with Gasteiger partial charge in [-0.1, -0.05) is 11.6 Å². The molecule has 0 bridgehead atoms. The van der Waals surface area contributed by atoms with Crippen LogP contribution < -0.4 is 15.8 Å². The molecule has 1 aromatic rings. The van der Waals surface area contributed by atoms with Gasteiger partial charge in [-0.3, -0.25) is 15.4 Å². The minimum absolute atomic E-state index is 0.0269. The highest BCUT2D eigenvalue weighted by atomic mass is 35.5. The summed E-state index contributed by atoms with van der Waals surface area (Å²) >= 11 is 6.16. The Morgan fingerprint density at radius 3 is 2.93 bits per heavy atom. The average Bonchev–Trinajstić information content (AvgIpc) is 3.06. The minimum atomic E-state index is -0.431. The molecule has 1 amide bonds. The van der Waals surface area contributed by atoms with Crippen molar-refractivity contribution in [3.8, 4) is 5.75 Å². The first-order valence-electron chi connectivity index (χ1n) is 9.56. The number of nitrogens with zero attached hydrogens (tertiary/aromatic N) is 1. The van der Waals surface area contributed by atoms with Gasteiger partial charge in [-0.15, -0.1) is 0 Å². The van der Waals surface area contributed by atoms with Gasteiger partial charge < -0.3 is 19.5 Å². The fourth-order valence-electron chi connectivity index (χ4n) is 4.07. The Kier molecular flexibility index (Phi) is 5.85. The molecule has 0 spiro atoms. The maximum absolute atomic E-state index is 12.7. The number of carbonyl (C=O) groups is 1. The summed E-state index contributed by atoms with van der Waals surface area (Å²) in [6, 6.07) is 3.98. The Balaban J connectivity index is 1.36. The molecular weight excluding hydrogens is 370 g/mol. The van der Waals surface area contributed by atoms with Crippen molar-refractivity contribution in [1.82, 2.24) is 10.2 Å². The monoisotopic (exact) mass is 395 g/mol. The van der Waals surface area contributed by atoms with Gasteiger partial charge in [0, 0.05) is 55.9 Å². The summed E-state index contributed by atoms with van der Waals surface area (Å²) in [5.74, 6) is 0.326. The summed E-state index contributed by atoms with van der Waals surface area (Å²) in [6.45, 7) is 4.54. The highest BCUT2D eigenvalue weighted by Crippen LogP contribution is 2.34. The van der Waals surface area contributed by atoms with E-state index >= 15 is 0 Å². The normalized spacial score (nSPS) is 26.4.